The summed E-state index contributed by atoms with van der Waals surface area (Å²) in [6, 6.07) is 7.89. The second-order valence-electron chi connectivity index (χ2n) is 7.92. The maximum Gasteiger partial charge on any atom is 0.293 e. The number of carbonyl (C=O) groups is 1. The summed E-state index contributed by atoms with van der Waals surface area (Å²) in [4.78, 5) is 36.2. The molecule has 0 amide bonds. The van der Waals surface area contributed by atoms with E-state index in [1.807, 2.05) is 37.4 Å². The first-order valence-corrected chi connectivity index (χ1v) is 14.2. The highest BCUT2D eigenvalue weighted by atomic mass is 79.9. The van der Waals surface area contributed by atoms with E-state index < -0.39 is 24.5 Å². The van der Waals surface area contributed by atoms with Gasteiger partial charge in [0.25, 0.3) is 12.0 Å². The number of aliphatic hydroxyl groups excluding tert-OH is 1. The van der Waals surface area contributed by atoms with Crippen LogP contribution < -0.4 is 5.56 Å². The monoisotopic (exact) mass is 581 g/mol. The second kappa shape index (κ2) is 10.00. The third-order valence-electron chi connectivity index (χ3n) is 5.73. The van der Waals surface area contributed by atoms with Crippen LogP contribution in [0.4, 0.5) is 0 Å². The van der Waals surface area contributed by atoms with Crippen LogP contribution in [0.5, 0.6) is 0 Å². The van der Waals surface area contributed by atoms with Gasteiger partial charge in [-0.25, -0.2) is 9.38 Å². The molecular weight excluding hydrogens is 561 g/mol. The minimum Gasteiger partial charge on any atom is -0.465 e. The lowest BCUT2D eigenvalue weighted by atomic mass is 10.1. The third kappa shape index (κ3) is 4.41. The van der Waals surface area contributed by atoms with Gasteiger partial charge >= 0.3 is 0 Å². The zero-order valence-electron chi connectivity index (χ0n) is 18.5. The molecule has 1 fully saturated rings. The number of fused-ring (bicyclic) bond motifs is 2. The summed E-state index contributed by atoms with van der Waals surface area (Å²) in [5.74, 6) is 0.316. The summed E-state index contributed by atoms with van der Waals surface area (Å²) in [5.41, 5.74) is 2.72. The van der Waals surface area contributed by atoms with E-state index in [4.69, 9.17) is 14.0 Å². The number of carbonyl (C=O) groups excluding carboxylic acids is 1. The molecule has 3 aromatic heterocycles. The summed E-state index contributed by atoms with van der Waals surface area (Å²) < 4.78 is 19.9. The lowest BCUT2D eigenvalue weighted by molar-refractivity contribution is -0.134. The Balaban J connectivity index is 1.58. The maximum absolute atomic E-state index is 13.3. The lowest BCUT2D eigenvalue weighted by Gasteiger charge is -2.19. The number of aromatic nitrogens is 5. The van der Waals surface area contributed by atoms with E-state index in [0.717, 1.165) is 16.8 Å². The highest BCUT2D eigenvalue weighted by Gasteiger charge is 2.47. The average Bonchev–Trinajstić information content (AvgIpc) is 3.51. The van der Waals surface area contributed by atoms with Gasteiger partial charge < -0.3 is 24.1 Å². The summed E-state index contributed by atoms with van der Waals surface area (Å²) in [7, 11) is 0.0545. The summed E-state index contributed by atoms with van der Waals surface area (Å²) in [6.07, 6.45) is -0.0180. The van der Waals surface area contributed by atoms with Crippen LogP contribution in [0, 0.1) is 6.92 Å². The Kier molecular flexibility index (Phi) is 6.97. The Bertz CT molecular complexity index is 1440. The number of hydrogen-bond acceptors (Lipinski definition) is 9. The highest BCUT2D eigenvalue weighted by molar-refractivity contribution is 9.10. The van der Waals surface area contributed by atoms with Gasteiger partial charge in [0.15, 0.2) is 22.1 Å². The lowest BCUT2D eigenvalue weighted by Crippen LogP contribution is -2.34. The normalized spacial score (nSPS) is 22.6. The van der Waals surface area contributed by atoms with Crippen molar-refractivity contribution in [1.29, 1.82) is 0 Å². The molecule has 2 N–H and O–H groups in total. The first-order valence-electron chi connectivity index (χ1n) is 10.5. The summed E-state index contributed by atoms with van der Waals surface area (Å²) in [5, 5.41) is 11.1. The Labute approximate surface area is 212 Å². The first kappa shape index (κ1) is 24.4. The fraction of sp³-hybridized carbons (Fsp3) is 0.333. The van der Waals surface area contributed by atoms with E-state index in [-0.39, 0.29) is 36.1 Å². The number of nitrogens with one attached hydrogen (secondary N) is 1. The van der Waals surface area contributed by atoms with Crippen molar-refractivity contribution in [3.05, 3.63) is 51.1 Å². The molecule has 11 nitrogen and oxygen atoms in total. The van der Waals surface area contributed by atoms with Crippen molar-refractivity contribution in [3.63, 3.8) is 0 Å². The standard InChI is InChI=1S/C21H21BrN5O6PS/c1-10-3-5-11(6-4-10)12-7-26-18(30)14-17(25-21(26)23-12)27(20(22)24-14)19-15(29)16(33-34-35-2)13(32-19)8-31-9-28/h3-7,9,13,15-16,19,29,34H,8H2,1-2H3,(H,23,25). The molecule has 14 heteroatoms. The van der Waals surface area contributed by atoms with Gasteiger partial charge in [0.1, 0.15) is 24.9 Å². The van der Waals surface area contributed by atoms with E-state index in [1.165, 1.54) is 20.3 Å². The first-order chi connectivity index (χ1) is 16.9. The Morgan fingerprint density at radius 2 is 2.11 bits per heavy atom. The number of imidazole rings is 2. The van der Waals surface area contributed by atoms with Gasteiger partial charge in [-0.2, -0.15) is 4.98 Å². The SMILES string of the molecule is CSPOC1C(COC=O)OC(n2c(Br)nc3c(=O)n4cc(-c5ccc(C)cc5)[nH]c4nc32)C1O. The fourth-order valence-corrected chi connectivity index (χ4v) is 5.73. The summed E-state index contributed by atoms with van der Waals surface area (Å²) >= 11 is 4.84. The zero-order chi connectivity index (χ0) is 24.7. The molecule has 1 aliphatic heterocycles. The van der Waals surface area contributed by atoms with E-state index in [0.29, 0.717) is 12.2 Å². The van der Waals surface area contributed by atoms with Crippen molar-refractivity contribution in [3.8, 4) is 11.3 Å². The van der Waals surface area contributed by atoms with Crippen molar-refractivity contribution < 1.29 is 23.9 Å². The molecule has 5 rings (SSSR count). The van der Waals surface area contributed by atoms with Crippen LogP contribution in [-0.2, 0) is 18.8 Å². The third-order valence-corrected chi connectivity index (χ3v) is 7.61. The van der Waals surface area contributed by atoms with Crippen molar-refractivity contribution in [2.75, 3.05) is 12.9 Å². The number of benzene rings is 1. The van der Waals surface area contributed by atoms with E-state index in [2.05, 4.69) is 30.9 Å². The largest absolute Gasteiger partial charge is 0.465 e. The number of rotatable bonds is 8. The molecule has 0 bridgehead atoms. The Morgan fingerprint density at radius 3 is 2.83 bits per heavy atom. The van der Waals surface area contributed by atoms with Crippen LogP contribution in [0.3, 0.4) is 0 Å². The van der Waals surface area contributed by atoms with Crippen LogP contribution in [0.1, 0.15) is 11.8 Å². The molecule has 1 saturated heterocycles. The van der Waals surface area contributed by atoms with Crippen molar-refractivity contribution >= 4 is 58.7 Å². The van der Waals surface area contributed by atoms with Gasteiger partial charge in [-0.15, -0.1) is 11.4 Å². The van der Waals surface area contributed by atoms with Crippen molar-refractivity contribution in [2.45, 2.75) is 31.5 Å². The Morgan fingerprint density at radius 1 is 1.34 bits per heavy atom. The van der Waals surface area contributed by atoms with Gasteiger partial charge in [0.05, 0.1) is 13.7 Å². The second-order valence-corrected chi connectivity index (χ2v) is 11.2. The summed E-state index contributed by atoms with van der Waals surface area (Å²) in [6.45, 7) is 2.22. The molecule has 1 aromatic carbocycles. The number of hydrogen-bond donors (Lipinski definition) is 2. The molecule has 1 aliphatic rings. The van der Waals surface area contributed by atoms with Gasteiger partial charge in [-0.05, 0) is 34.7 Å². The van der Waals surface area contributed by atoms with E-state index >= 15 is 0 Å². The van der Waals surface area contributed by atoms with E-state index in [9.17, 15) is 14.7 Å². The van der Waals surface area contributed by atoms with Crippen LogP contribution in [0.25, 0.3) is 28.2 Å². The van der Waals surface area contributed by atoms with Crippen LogP contribution in [-0.4, -0.2) is 66.7 Å². The fourth-order valence-electron chi connectivity index (χ4n) is 4.06. The van der Waals surface area contributed by atoms with Gasteiger partial charge in [-0.1, -0.05) is 29.8 Å². The number of halogens is 1. The number of aryl methyl sites for hydroxylation is 1. The predicted molar refractivity (Wildman–Crippen MR) is 136 cm³/mol. The van der Waals surface area contributed by atoms with E-state index in [1.54, 1.807) is 6.20 Å². The van der Waals surface area contributed by atoms with Crippen molar-refractivity contribution in [2.24, 2.45) is 0 Å². The quantitative estimate of drug-likeness (QED) is 0.183. The van der Waals surface area contributed by atoms with Crippen LogP contribution in [0.2, 0.25) is 0 Å². The molecule has 184 valence electrons. The molecule has 4 heterocycles. The molecule has 5 unspecified atom stereocenters. The minimum absolute atomic E-state index is 0.0545. The minimum atomic E-state index is -1.13. The average molecular weight is 582 g/mol. The molecule has 0 radical (unpaired) electrons. The molecule has 0 spiro atoms. The molecule has 35 heavy (non-hydrogen) atoms. The number of H-pyrrole nitrogens is 1. The molecule has 0 saturated carbocycles. The topological polar surface area (TPSA) is 133 Å². The van der Waals surface area contributed by atoms with Crippen LogP contribution in [0.15, 0.2) is 40.0 Å². The molecule has 4 aromatic rings. The molecule has 0 aliphatic carbocycles. The maximum atomic E-state index is 13.3. The van der Waals surface area contributed by atoms with Gasteiger partial charge in [-0.3, -0.25) is 14.2 Å². The predicted octanol–water partition coefficient (Wildman–Crippen LogP) is 2.80. The van der Waals surface area contributed by atoms with Crippen molar-refractivity contribution in [1.82, 2.24) is 23.9 Å². The number of ether oxygens (including phenoxy) is 2. The number of aliphatic hydroxyl groups is 1. The van der Waals surface area contributed by atoms with Gasteiger partial charge in [0.2, 0.25) is 5.78 Å². The zero-order valence-corrected chi connectivity index (χ0v) is 21.9. The van der Waals surface area contributed by atoms with Crippen LogP contribution >= 0.6 is 35.3 Å². The molecule has 5 atom stereocenters. The smallest absolute Gasteiger partial charge is 0.293 e. The Hall–Kier alpha value is -2.28. The van der Waals surface area contributed by atoms with Gasteiger partial charge in [0, 0.05) is 6.20 Å². The molecular formula is C21H21BrN5O6PS. The highest BCUT2D eigenvalue weighted by Crippen LogP contribution is 2.40. The number of aromatic amines is 1. The number of nitrogens with zero attached hydrogens (tertiary/aromatic N) is 4.